The third kappa shape index (κ3) is 2.43. The Bertz CT molecular complexity index is 238. The average Bonchev–Trinajstić information content (AvgIpc) is 2.15. The van der Waals surface area contributed by atoms with Gasteiger partial charge in [0, 0.05) is 23.7 Å². The number of hydrogen-bond donors (Lipinski definition) is 2. The first-order valence-electron chi connectivity index (χ1n) is 3.95. The highest BCUT2D eigenvalue weighted by Crippen LogP contribution is 2.23. The van der Waals surface area contributed by atoms with Gasteiger partial charge < -0.3 is 11.1 Å². The predicted octanol–water partition coefficient (Wildman–Crippen LogP) is 1.78. The van der Waals surface area contributed by atoms with E-state index < -0.39 is 0 Å². The number of nitrogens with two attached hydrogens (primary N) is 1. The van der Waals surface area contributed by atoms with Crippen LogP contribution in [0.4, 0.5) is 5.69 Å². The zero-order valence-corrected chi connectivity index (χ0v) is 8.03. The van der Waals surface area contributed by atoms with Gasteiger partial charge in [-0.3, -0.25) is 0 Å². The molecule has 12 heavy (non-hydrogen) atoms. The van der Waals surface area contributed by atoms with Gasteiger partial charge in [0.1, 0.15) is 0 Å². The molecule has 1 aromatic rings. The van der Waals surface area contributed by atoms with Crippen molar-refractivity contribution in [1.82, 2.24) is 0 Å². The Morgan fingerprint density at radius 3 is 2.83 bits per heavy atom. The van der Waals surface area contributed by atoms with Crippen LogP contribution in [0.3, 0.4) is 0 Å². The summed E-state index contributed by atoms with van der Waals surface area (Å²) in [6, 6.07) is 8.24. The molecule has 0 aliphatic carbocycles. The minimum absolute atomic E-state index is 0.669. The Morgan fingerprint density at radius 2 is 2.17 bits per heavy atom. The molecule has 1 rings (SSSR count). The Labute approximate surface area is 77.5 Å². The van der Waals surface area contributed by atoms with E-state index in [0.29, 0.717) is 6.54 Å². The highest BCUT2D eigenvalue weighted by molar-refractivity contribution is 7.98. The normalized spacial score (nSPS) is 9.83. The second kappa shape index (κ2) is 5.06. The third-order valence-electron chi connectivity index (χ3n) is 1.57. The first-order chi connectivity index (χ1) is 5.88. The van der Waals surface area contributed by atoms with Gasteiger partial charge in [-0.05, 0) is 18.4 Å². The first-order valence-corrected chi connectivity index (χ1v) is 5.18. The lowest BCUT2D eigenvalue weighted by Gasteiger charge is -2.08. The molecule has 66 valence electrons. The van der Waals surface area contributed by atoms with E-state index in [0.717, 1.165) is 6.54 Å². The number of rotatable bonds is 4. The number of nitrogens with one attached hydrogen (secondary N) is 1. The molecule has 0 fully saturated rings. The number of anilines is 1. The standard InChI is InChI=1S/C9H14N2S/c1-12-9-5-3-2-4-8(9)11-7-6-10/h2-5,11H,6-7,10H2,1H3. The molecule has 0 amide bonds. The van der Waals surface area contributed by atoms with Crippen molar-refractivity contribution >= 4 is 17.4 Å². The lowest BCUT2D eigenvalue weighted by molar-refractivity contribution is 1.02. The van der Waals surface area contributed by atoms with Crippen LogP contribution in [0.5, 0.6) is 0 Å². The van der Waals surface area contributed by atoms with Crippen LogP contribution in [0.1, 0.15) is 0 Å². The molecule has 0 bridgehead atoms. The lowest BCUT2D eigenvalue weighted by atomic mass is 10.3. The molecule has 0 spiro atoms. The molecular weight excluding hydrogens is 168 g/mol. The van der Waals surface area contributed by atoms with Crippen LogP contribution < -0.4 is 11.1 Å². The van der Waals surface area contributed by atoms with E-state index in [-0.39, 0.29) is 0 Å². The minimum atomic E-state index is 0.669. The molecule has 0 aliphatic rings. The minimum Gasteiger partial charge on any atom is -0.383 e. The Morgan fingerprint density at radius 1 is 1.42 bits per heavy atom. The van der Waals surface area contributed by atoms with Crippen molar-refractivity contribution in [3.05, 3.63) is 24.3 Å². The summed E-state index contributed by atoms with van der Waals surface area (Å²) < 4.78 is 0. The van der Waals surface area contributed by atoms with Crippen LogP contribution in [-0.2, 0) is 0 Å². The van der Waals surface area contributed by atoms with E-state index in [4.69, 9.17) is 5.73 Å². The molecule has 0 aliphatic heterocycles. The van der Waals surface area contributed by atoms with E-state index in [9.17, 15) is 0 Å². The van der Waals surface area contributed by atoms with Crippen molar-refractivity contribution in [2.45, 2.75) is 4.90 Å². The van der Waals surface area contributed by atoms with Crippen molar-refractivity contribution in [2.75, 3.05) is 24.7 Å². The molecule has 3 heteroatoms. The number of para-hydroxylation sites is 1. The largest absolute Gasteiger partial charge is 0.383 e. The average molecular weight is 182 g/mol. The summed E-state index contributed by atoms with van der Waals surface area (Å²) in [5.74, 6) is 0. The van der Waals surface area contributed by atoms with Crippen LogP contribution in [-0.4, -0.2) is 19.3 Å². The molecule has 2 nitrogen and oxygen atoms in total. The maximum Gasteiger partial charge on any atom is 0.0478 e. The van der Waals surface area contributed by atoms with Crippen molar-refractivity contribution in [3.8, 4) is 0 Å². The molecule has 1 aromatic carbocycles. The van der Waals surface area contributed by atoms with Crippen LogP contribution in [0.25, 0.3) is 0 Å². The Balaban J connectivity index is 2.68. The highest BCUT2D eigenvalue weighted by Gasteiger charge is 1.96. The van der Waals surface area contributed by atoms with Crippen LogP contribution in [0.2, 0.25) is 0 Å². The molecule has 0 radical (unpaired) electrons. The van der Waals surface area contributed by atoms with Gasteiger partial charge in [-0.1, -0.05) is 12.1 Å². The second-order valence-electron chi connectivity index (χ2n) is 2.42. The van der Waals surface area contributed by atoms with E-state index in [1.54, 1.807) is 11.8 Å². The number of benzene rings is 1. The van der Waals surface area contributed by atoms with Gasteiger partial charge in [0.25, 0.3) is 0 Å². The fraction of sp³-hybridized carbons (Fsp3) is 0.333. The van der Waals surface area contributed by atoms with Crippen molar-refractivity contribution in [2.24, 2.45) is 5.73 Å². The van der Waals surface area contributed by atoms with E-state index >= 15 is 0 Å². The van der Waals surface area contributed by atoms with Crippen LogP contribution >= 0.6 is 11.8 Å². The summed E-state index contributed by atoms with van der Waals surface area (Å²) in [6.07, 6.45) is 2.07. The number of hydrogen-bond acceptors (Lipinski definition) is 3. The Kier molecular flexibility index (Phi) is 3.97. The summed E-state index contributed by atoms with van der Waals surface area (Å²) >= 11 is 1.74. The monoisotopic (exact) mass is 182 g/mol. The maximum absolute atomic E-state index is 5.40. The van der Waals surface area contributed by atoms with Crippen LogP contribution in [0.15, 0.2) is 29.2 Å². The van der Waals surface area contributed by atoms with E-state index in [1.807, 2.05) is 12.1 Å². The first kappa shape index (κ1) is 9.42. The van der Waals surface area contributed by atoms with Crippen molar-refractivity contribution < 1.29 is 0 Å². The molecule has 0 heterocycles. The van der Waals surface area contributed by atoms with Gasteiger partial charge in [0.2, 0.25) is 0 Å². The fourth-order valence-corrected chi connectivity index (χ4v) is 1.57. The van der Waals surface area contributed by atoms with Gasteiger partial charge in [-0.15, -0.1) is 11.8 Å². The SMILES string of the molecule is CSc1ccccc1NCCN. The van der Waals surface area contributed by atoms with E-state index in [2.05, 4.69) is 23.7 Å². The molecule has 0 saturated carbocycles. The van der Waals surface area contributed by atoms with Crippen LogP contribution in [0, 0.1) is 0 Å². The van der Waals surface area contributed by atoms with Crippen molar-refractivity contribution in [3.63, 3.8) is 0 Å². The summed E-state index contributed by atoms with van der Waals surface area (Å²) in [7, 11) is 0. The van der Waals surface area contributed by atoms with Gasteiger partial charge in [0.05, 0.1) is 0 Å². The quantitative estimate of drug-likeness (QED) is 0.697. The summed E-state index contributed by atoms with van der Waals surface area (Å²) in [6.45, 7) is 1.50. The summed E-state index contributed by atoms with van der Waals surface area (Å²) in [5.41, 5.74) is 6.57. The predicted molar refractivity (Wildman–Crippen MR) is 55.8 cm³/mol. The molecular formula is C9H14N2S. The maximum atomic E-state index is 5.40. The Hall–Kier alpha value is -0.670. The molecule has 0 aromatic heterocycles. The smallest absolute Gasteiger partial charge is 0.0478 e. The zero-order chi connectivity index (χ0) is 8.81. The highest BCUT2D eigenvalue weighted by atomic mass is 32.2. The summed E-state index contributed by atoms with van der Waals surface area (Å²) in [5, 5.41) is 3.27. The molecule has 3 N–H and O–H groups in total. The molecule has 0 saturated heterocycles. The summed E-state index contributed by atoms with van der Waals surface area (Å²) in [4.78, 5) is 1.27. The van der Waals surface area contributed by atoms with Gasteiger partial charge >= 0.3 is 0 Å². The molecule has 0 atom stereocenters. The van der Waals surface area contributed by atoms with E-state index in [1.165, 1.54) is 10.6 Å². The van der Waals surface area contributed by atoms with Gasteiger partial charge in [-0.2, -0.15) is 0 Å². The van der Waals surface area contributed by atoms with Gasteiger partial charge in [0.15, 0.2) is 0 Å². The fourth-order valence-electron chi connectivity index (χ4n) is 0.998. The number of thioether (sulfide) groups is 1. The lowest BCUT2D eigenvalue weighted by Crippen LogP contribution is -2.13. The zero-order valence-electron chi connectivity index (χ0n) is 7.21. The van der Waals surface area contributed by atoms with Gasteiger partial charge in [-0.25, -0.2) is 0 Å². The topological polar surface area (TPSA) is 38.0 Å². The third-order valence-corrected chi connectivity index (χ3v) is 2.36. The second-order valence-corrected chi connectivity index (χ2v) is 3.26. The van der Waals surface area contributed by atoms with Crippen molar-refractivity contribution in [1.29, 1.82) is 0 Å². The molecule has 0 unspecified atom stereocenters.